The number of fused-ring (bicyclic) bond motifs is 1. The van der Waals surface area contributed by atoms with Gasteiger partial charge in [-0.2, -0.15) is 5.10 Å². The van der Waals surface area contributed by atoms with Crippen LogP contribution in [-0.2, 0) is 35.3 Å². The van der Waals surface area contributed by atoms with E-state index in [4.69, 9.17) is 14.6 Å². The molecule has 0 bridgehead atoms. The molecular weight excluding hydrogens is 418 g/mol. The fourth-order valence-corrected chi connectivity index (χ4v) is 4.07. The second-order valence-electron chi connectivity index (χ2n) is 9.38. The summed E-state index contributed by atoms with van der Waals surface area (Å²) in [5.74, 6) is -0.395. The van der Waals surface area contributed by atoms with E-state index in [1.54, 1.807) is 4.68 Å². The van der Waals surface area contributed by atoms with Gasteiger partial charge in [-0.15, -0.1) is 0 Å². The first-order chi connectivity index (χ1) is 15.8. The van der Waals surface area contributed by atoms with Crippen molar-refractivity contribution in [3.8, 4) is 0 Å². The molecule has 1 aromatic carbocycles. The lowest BCUT2D eigenvalue weighted by atomic mass is 9.86. The molecular formula is C26H37N3O4. The first-order valence-corrected chi connectivity index (χ1v) is 12.0. The molecule has 1 amide bonds. The zero-order valence-corrected chi connectivity index (χ0v) is 20.4. The van der Waals surface area contributed by atoms with Gasteiger partial charge in [-0.3, -0.25) is 9.48 Å². The van der Waals surface area contributed by atoms with E-state index in [9.17, 15) is 9.59 Å². The maximum Gasteiger partial charge on any atom is 0.338 e. The van der Waals surface area contributed by atoms with Gasteiger partial charge in [0.2, 0.25) is 0 Å². The highest BCUT2D eigenvalue weighted by atomic mass is 16.5. The number of carbonyl (C=O) groups excluding carboxylic acids is 2. The Morgan fingerprint density at radius 2 is 1.91 bits per heavy atom. The Morgan fingerprint density at radius 1 is 1.18 bits per heavy atom. The number of rotatable bonds is 7. The molecule has 0 unspecified atom stereocenters. The summed E-state index contributed by atoms with van der Waals surface area (Å²) in [4.78, 5) is 25.5. The summed E-state index contributed by atoms with van der Waals surface area (Å²) in [5.41, 5.74) is 3.94. The van der Waals surface area contributed by atoms with E-state index in [-0.39, 0.29) is 23.9 Å². The van der Waals surface area contributed by atoms with Crippen LogP contribution in [0, 0.1) is 5.41 Å². The molecule has 0 saturated carbocycles. The third-order valence-electron chi connectivity index (χ3n) is 5.95. The summed E-state index contributed by atoms with van der Waals surface area (Å²) in [6.45, 7) is 11.0. The number of aryl methyl sites for hydroxylation is 2. The first kappa shape index (κ1) is 25.0. The monoisotopic (exact) mass is 455 g/mol. The van der Waals surface area contributed by atoms with Crippen LogP contribution in [0.4, 0.5) is 0 Å². The van der Waals surface area contributed by atoms with E-state index in [1.165, 1.54) is 5.56 Å². The van der Waals surface area contributed by atoms with Gasteiger partial charge in [0.1, 0.15) is 5.69 Å². The fraction of sp³-hybridized carbons (Fsp3) is 0.577. The molecule has 1 aliphatic rings. The lowest BCUT2D eigenvalue weighted by Gasteiger charge is -2.24. The van der Waals surface area contributed by atoms with Crippen molar-refractivity contribution in [3.63, 3.8) is 0 Å². The average molecular weight is 456 g/mol. The second kappa shape index (κ2) is 11.5. The second-order valence-corrected chi connectivity index (χ2v) is 9.38. The van der Waals surface area contributed by atoms with Gasteiger partial charge in [0.25, 0.3) is 5.91 Å². The van der Waals surface area contributed by atoms with E-state index < -0.39 is 0 Å². The summed E-state index contributed by atoms with van der Waals surface area (Å²) in [5, 5.41) is 7.80. The smallest absolute Gasteiger partial charge is 0.338 e. The molecule has 33 heavy (non-hydrogen) atoms. The van der Waals surface area contributed by atoms with Crippen molar-refractivity contribution in [1.82, 2.24) is 15.1 Å². The third kappa shape index (κ3) is 6.67. The molecule has 1 aromatic heterocycles. The zero-order chi connectivity index (χ0) is 23.8. The van der Waals surface area contributed by atoms with Crippen LogP contribution in [0.2, 0.25) is 0 Å². The SMILES string of the molecule is CCc1ccc(C(=O)OCC(C)(C)Cc2nn(CC)c3c2CCCOCCCNC3=O)cc1. The lowest BCUT2D eigenvalue weighted by molar-refractivity contribution is 0.0339. The van der Waals surface area contributed by atoms with Crippen LogP contribution in [0.1, 0.15) is 78.2 Å². The molecule has 180 valence electrons. The number of ether oxygens (including phenoxy) is 2. The van der Waals surface area contributed by atoms with E-state index in [0.717, 1.165) is 36.9 Å². The van der Waals surface area contributed by atoms with E-state index >= 15 is 0 Å². The number of hydrogen-bond acceptors (Lipinski definition) is 5. The minimum atomic E-state index is -0.334. The minimum absolute atomic E-state index is 0.0766. The quantitative estimate of drug-likeness (QED) is 0.639. The van der Waals surface area contributed by atoms with E-state index in [0.29, 0.717) is 44.0 Å². The molecule has 1 aliphatic heterocycles. The van der Waals surface area contributed by atoms with Gasteiger partial charge >= 0.3 is 5.97 Å². The molecule has 0 aliphatic carbocycles. The maximum atomic E-state index is 12.9. The molecule has 7 heteroatoms. The van der Waals surface area contributed by atoms with E-state index in [1.807, 2.05) is 31.2 Å². The van der Waals surface area contributed by atoms with Crippen molar-refractivity contribution < 1.29 is 19.1 Å². The van der Waals surface area contributed by atoms with Crippen LogP contribution < -0.4 is 5.32 Å². The van der Waals surface area contributed by atoms with Gasteiger partial charge in [-0.1, -0.05) is 32.9 Å². The summed E-state index contributed by atoms with van der Waals surface area (Å²) in [6.07, 6.45) is 3.91. The molecule has 1 N–H and O–H groups in total. The van der Waals surface area contributed by atoms with Crippen molar-refractivity contribution in [3.05, 3.63) is 52.3 Å². The molecule has 0 spiro atoms. The van der Waals surface area contributed by atoms with Crippen molar-refractivity contribution in [1.29, 1.82) is 0 Å². The van der Waals surface area contributed by atoms with Crippen LogP contribution >= 0.6 is 0 Å². The van der Waals surface area contributed by atoms with Gasteiger partial charge in [0.15, 0.2) is 0 Å². The number of carbonyl (C=O) groups is 2. The van der Waals surface area contributed by atoms with Gasteiger partial charge in [0.05, 0.1) is 17.9 Å². The third-order valence-corrected chi connectivity index (χ3v) is 5.95. The standard InChI is InChI=1S/C26H37N3O4/c1-5-19-10-12-20(13-11-19)25(31)33-18-26(3,4)17-22-21-9-7-15-32-16-8-14-27-24(30)23(21)29(6-2)28-22/h10-13H,5-9,14-18H2,1-4H3,(H,27,30). The predicted octanol–water partition coefficient (Wildman–Crippen LogP) is 3.97. The van der Waals surface area contributed by atoms with Crippen LogP contribution in [0.25, 0.3) is 0 Å². The Labute approximate surface area is 196 Å². The van der Waals surface area contributed by atoms with Gasteiger partial charge in [-0.05, 0) is 50.3 Å². The van der Waals surface area contributed by atoms with Crippen molar-refractivity contribution in [2.45, 2.75) is 66.3 Å². The number of nitrogens with zero attached hydrogens (tertiary/aromatic N) is 2. The number of benzene rings is 1. The highest BCUT2D eigenvalue weighted by molar-refractivity contribution is 5.94. The van der Waals surface area contributed by atoms with Gasteiger partial charge < -0.3 is 14.8 Å². The Hall–Kier alpha value is -2.67. The Bertz CT molecular complexity index is 947. The number of esters is 1. The molecule has 0 atom stereocenters. The van der Waals surface area contributed by atoms with Crippen LogP contribution in [0.15, 0.2) is 24.3 Å². The molecule has 3 rings (SSSR count). The average Bonchev–Trinajstić information content (AvgIpc) is 3.13. The number of nitrogens with one attached hydrogen (secondary N) is 1. The van der Waals surface area contributed by atoms with Crippen molar-refractivity contribution in [2.24, 2.45) is 5.41 Å². The van der Waals surface area contributed by atoms with Crippen LogP contribution in [-0.4, -0.2) is 48.0 Å². The molecule has 2 aromatic rings. The first-order valence-electron chi connectivity index (χ1n) is 12.0. The molecule has 0 radical (unpaired) electrons. The minimum Gasteiger partial charge on any atom is -0.462 e. The summed E-state index contributed by atoms with van der Waals surface area (Å²) < 4.78 is 13.1. The summed E-state index contributed by atoms with van der Waals surface area (Å²) in [7, 11) is 0. The van der Waals surface area contributed by atoms with Crippen molar-refractivity contribution in [2.75, 3.05) is 26.4 Å². The van der Waals surface area contributed by atoms with E-state index in [2.05, 4.69) is 26.1 Å². The van der Waals surface area contributed by atoms with Crippen molar-refractivity contribution >= 4 is 11.9 Å². The Kier molecular flexibility index (Phi) is 8.67. The predicted molar refractivity (Wildman–Crippen MR) is 128 cm³/mol. The highest BCUT2D eigenvalue weighted by Crippen LogP contribution is 2.27. The topological polar surface area (TPSA) is 82.4 Å². The molecule has 7 nitrogen and oxygen atoms in total. The largest absolute Gasteiger partial charge is 0.462 e. The van der Waals surface area contributed by atoms with Gasteiger partial charge in [-0.25, -0.2) is 4.79 Å². The lowest BCUT2D eigenvalue weighted by Crippen LogP contribution is -2.28. The fourth-order valence-electron chi connectivity index (χ4n) is 4.07. The number of aromatic nitrogens is 2. The van der Waals surface area contributed by atoms with Crippen LogP contribution in [0.5, 0.6) is 0 Å². The number of amides is 1. The molecule has 0 fully saturated rings. The Balaban J connectivity index is 1.74. The molecule has 2 heterocycles. The molecule has 0 saturated heterocycles. The normalized spacial score (nSPS) is 15.3. The number of hydrogen-bond donors (Lipinski definition) is 1. The van der Waals surface area contributed by atoms with Crippen LogP contribution in [0.3, 0.4) is 0 Å². The summed E-state index contributed by atoms with van der Waals surface area (Å²) in [6, 6.07) is 7.54. The maximum absolute atomic E-state index is 12.9. The Morgan fingerprint density at radius 3 is 2.61 bits per heavy atom. The summed E-state index contributed by atoms with van der Waals surface area (Å²) >= 11 is 0. The van der Waals surface area contributed by atoms with Gasteiger partial charge in [0, 0.05) is 43.7 Å². The highest BCUT2D eigenvalue weighted by Gasteiger charge is 2.29. The zero-order valence-electron chi connectivity index (χ0n) is 20.4.